The molecule has 0 atom stereocenters. The van der Waals surface area contributed by atoms with Gasteiger partial charge in [0.05, 0.1) is 6.54 Å². The van der Waals surface area contributed by atoms with E-state index in [9.17, 15) is 8.78 Å². The third kappa shape index (κ3) is 4.72. The summed E-state index contributed by atoms with van der Waals surface area (Å²) in [6.07, 6.45) is -2.28. The average Bonchev–Trinajstić information content (AvgIpc) is 2.23. The van der Waals surface area contributed by atoms with Crippen molar-refractivity contribution >= 4 is 15.9 Å². The zero-order valence-corrected chi connectivity index (χ0v) is 11.8. The van der Waals surface area contributed by atoms with Gasteiger partial charge in [-0.3, -0.25) is 4.90 Å². The monoisotopic (exact) mass is 305 g/mol. The molecule has 0 radical (unpaired) electrons. The highest BCUT2D eigenvalue weighted by Gasteiger charge is 2.13. The summed E-state index contributed by atoms with van der Waals surface area (Å²) in [4.78, 5) is 1.79. The zero-order chi connectivity index (χ0) is 12.8. The highest BCUT2D eigenvalue weighted by molar-refractivity contribution is 9.09. The van der Waals surface area contributed by atoms with E-state index in [1.54, 1.807) is 4.90 Å². The lowest BCUT2D eigenvalue weighted by Gasteiger charge is -2.23. The van der Waals surface area contributed by atoms with E-state index in [0.717, 1.165) is 5.56 Å². The predicted octanol–water partition coefficient (Wildman–Crippen LogP) is 3.77. The molecular formula is C13H18BrF2N. The Morgan fingerprint density at radius 2 is 1.82 bits per heavy atom. The van der Waals surface area contributed by atoms with Crippen LogP contribution in [0.25, 0.3) is 0 Å². The van der Waals surface area contributed by atoms with Gasteiger partial charge < -0.3 is 0 Å². The van der Waals surface area contributed by atoms with Crippen LogP contribution in [0.1, 0.15) is 16.7 Å². The molecule has 1 nitrogen and oxygen atoms in total. The number of nitrogens with zero attached hydrogens (tertiary/aromatic N) is 1. The molecule has 96 valence electrons. The molecule has 0 N–H and O–H groups in total. The van der Waals surface area contributed by atoms with Gasteiger partial charge in [-0.2, -0.15) is 0 Å². The molecule has 0 saturated carbocycles. The largest absolute Gasteiger partial charge is 0.293 e. The van der Waals surface area contributed by atoms with Crippen LogP contribution in [0.15, 0.2) is 18.2 Å². The maximum absolute atomic E-state index is 12.5. The molecule has 1 aromatic rings. The summed E-state index contributed by atoms with van der Waals surface area (Å²) >= 11 is 3.30. The van der Waals surface area contributed by atoms with E-state index < -0.39 is 6.43 Å². The first-order valence-electron chi connectivity index (χ1n) is 5.66. The first-order chi connectivity index (χ1) is 8.04. The molecule has 0 spiro atoms. The van der Waals surface area contributed by atoms with Crippen LogP contribution in [-0.2, 0) is 6.54 Å². The Morgan fingerprint density at radius 1 is 1.24 bits per heavy atom. The SMILES string of the molecule is Cc1cccc(C)c1CN(CCBr)CC(F)F. The standard InChI is InChI=1S/C13H18BrF2N/c1-10-4-3-5-11(2)12(10)8-17(7-6-14)9-13(15)16/h3-5,13H,6-9H2,1-2H3. The minimum atomic E-state index is -2.28. The molecule has 0 aliphatic carbocycles. The minimum Gasteiger partial charge on any atom is -0.293 e. The lowest BCUT2D eigenvalue weighted by atomic mass is 10.0. The second kappa shape index (κ2) is 7.07. The van der Waals surface area contributed by atoms with Gasteiger partial charge in [0.25, 0.3) is 6.43 Å². The van der Waals surface area contributed by atoms with Crippen LogP contribution < -0.4 is 0 Å². The van der Waals surface area contributed by atoms with Crippen LogP contribution in [0.2, 0.25) is 0 Å². The molecule has 1 aromatic carbocycles. The second-order valence-electron chi connectivity index (χ2n) is 4.19. The van der Waals surface area contributed by atoms with Crippen molar-refractivity contribution in [3.8, 4) is 0 Å². The molecule has 0 aliphatic heterocycles. The molecule has 0 unspecified atom stereocenters. The molecule has 0 aromatic heterocycles. The predicted molar refractivity (Wildman–Crippen MR) is 71.0 cm³/mol. The molecular weight excluding hydrogens is 288 g/mol. The fourth-order valence-corrected chi connectivity index (χ4v) is 2.37. The fraction of sp³-hybridized carbons (Fsp3) is 0.538. The van der Waals surface area contributed by atoms with Crippen molar-refractivity contribution in [2.24, 2.45) is 0 Å². The third-order valence-electron chi connectivity index (χ3n) is 2.82. The molecule has 0 aliphatic rings. The van der Waals surface area contributed by atoms with Gasteiger partial charge in [-0.05, 0) is 30.5 Å². The molecule has 0 saturated heterocycles. The molecule has 17 heavy (non-hydrogen) atoms. The van der Waals surface area contributed by atoms with E-state index in [2.05, 4.69) is 15.9 Å². The number of alkyl halides is 3. The number of hydrogen-bond donors (Lipinski definition) is 0. The van der Waals surface area contributed by atoms with Crippen molar-refractivity contribution in [3.05, 3.63) is 34.9 Å². The van der Waals surface area contributed by atoms with Gasteiger partial charge in [-0.15, -0.1) is 0 Å². The molecule has 0 bridgehead atoms. The molecule has 4 heteroatoms. The van der Waals surface area contributed by atoms with Crippen molar-refractivity contribution in [1.29, 1.82) is 0 Å². The summed E-state index contributed by atoms with van der Waals surface area (Å²) in [6.45, 7) is 5.11. The zero-order valence-electron chi connectivity index (χ0n) is 10.2. The van der Waals surface area contributed by atoms with Gasteiger partial charge in [0, 0.05) is 18.4 Å². The summed E-state index contributed by atoms with van der Waals surface area (Å²) in [5, 5.41) is 0.713. The van der Waals surface area contributed by atoms with Gasteiger partial charge >= 0.3 is 0 Å². The smallest absolute Gasteiger partial charge is 0.251 e. The van der Waals surface area contributed by atoms with Crippen LogP contribution >= 0.6 is 15.9 Å². The quantitative estimate of drug-likeness (QED) is 0.723. The van der Waals surface area contributed by atoms with E-state index in [1.165, 1.54) is 11.1 Å². The maximum Gasteiger partial charge on any atom is 0.251 e. The summed E-state index contributed by atoms with van der Waals surface area (Å²) in [6, 6.07) is 6.05. The van der Waals surface area contributed by atoms with Crippen LogP contribution in [0.5, 0.6) is 0 Å². The Labute approximate surface area is 110 Å². The second-order valence-corrected chi connectivity index (χ2v) is 4.98. The van der Waals surface area contributed by atoms with E-state index in [4.69, 9.17) is 0 Å². The van der Waals surface area contributed by atoms with Crippen molar-refractivity contribution in [2.75, 3.05) is 18.4 Å². The first kappa shape index (κ1) is 14.6. The van der Waals surface area contributed by atoms with Crippen molar-refractivity contribution in [3.63, 3.8) is 0 Å². The molecule has 0 fully saturated rings. The maximum atomic E-state index is 12.5. The van der Waals surface area contributed by atoms with Gasteiger partial charge in [0.1, 0.15) is 0 Å². The van der Waals surface area contributed by atoms with Crippen LogP contribution in [0, 0.1) is 13.8 Å². The number of aryl methyl sites for hydroxylation is 2. The highest BCUT2D eigenvalue weighted by Crippen LogP contribution is 2.16. The van der Waals surface area contributed by atoms with Crippen LogP contribution in [0.3, 0.4) is 0 Å². The third-order valence-corrected chi connectivity index (χ3v) is 3.18. The fourth-order valence-electron chi connectivity index (χ4n) is 1.87. The first-order valence-corrected chi connectivity index (χ1v) is 6.78. The van der Waals surface area contributed by atoms with E-state index in [1.807, 2.05) is 32.0 Å². The molecule has 0 heterocycles. The Morgan fingerprint density at radius 3 is 2.29 bits per heavy atom. The van der Waals surface area contributed by atoms with E-state index in [0.29, 0.717) is 18.4 Å². The summed E-state index contributed by atoms with van der Waals surface area (Å²) in [5.41, 5.74) is 3.49. The number of hydrogen-bond acceptors (Lipinski definition) is 1. The van der Waals surface area contributed by atoms with Gasteiger partial charge in [-0.25, -0.2) is 8.78 Å². The topological polar surface area (TPSA) is 3.24 Å². The summed E-state index contributed by atoms with van der Waals surface area (Å²) in [5.74, 6) is 0. The van der Waals surface area contributed by atoms with Crippen molar-refractivity contribution in [2.45, 2.75) is 26.8 Å². The lowest BCUT2D eigenvalue weighted by molar-refractivity contribution is 0.0879. The average molecular weight is 306 g/mol. The van der Waals surface area contributed by atoms with Gasteiger partial charge in [0.15, 0.2) is 0 Å². The van der Waals surface area contributed by atoms with Crippen LogP contribution in [0.4, 0.5) is 8.78 Å². The van der Waals surface area contributed by atoms with E-state index >= 15 is 0 Å². The Balaban J connectivity index is 2.78. The van der Waals surface area contributed by atoms with Gasteiger partial charge in [-0.1, -0.05) is 34.1 Å². The Kier molecular flexibility index (Phi) is 6.06. The van der Waals surface area contributed by atoms with Crippen molar-refractivity contribution < 1.29 is 8.78 Å². The number of rotatable bonds is 6. The number of benzene rings is 1. The number of halogens is 3. The van der Waals surface area contributed by atoms with Gasteiger partial charge in [0.2, 0.25) is 0 Å². The normalized spacial score (nSPS) is 11.5. The Bertz CT molecular complexity index is 335. The summed E-state index contributed by atoms with van der Waals surface area (Å²) in [7, 11) is 0. The minimum absolute atomic E-state index is 0.167. The molecule has 1 rings (SSSR count). The van der Waals surface area contributed by atoms with E-state index in [-0.39, 0.29) is 6.54 Å². The summed E-state index contributed by atoms with van der Waals surface area (Å²) < 4.78 is 24.9. The van der Waals surface area contributed by atoms with Crippen molar-refractivity contribution in [1.82, 2.24) is 4.90 Å². The lowest BCUT2D eigenvalue weighted by Crippen LogP contribution is -2.30. The molecule has 0 amide bonds. The highest BCUT2D eigenvalue weighted by atomic mass is 79.9. The van der Waals surface area contributed by atoms with Crippen LogP contribution in [-0.4, -0.2) is 29.7 Å². The Hall–Kier alpha value is -0.480.